The quantitative estimate of drug-likeness (QED) is 0.888. The minimum atomic E-state index is -2.36. The average Bonchev–Trinajstić information content (AvgIpc) is 2.58. The Morgan fingerprint density at radius 2 is 1.74 bits per heavy atom. The van der Waals surface area contributed by atoms with Gasteiger partial charge < -0.3 is 14.9 Å². The SMILES string of the molecule is COc1ccc(C(F)(CO)CO)nc1-c1ccc(F)c(C)c1C. The van der Waals surface area contributed by atoms with Crippen LogP contribution in [0, 0.1) is 19.7 Å². The summed E-state index contributed by atoms with van der Waals surface area (Å²) in [6.07, 6.45) is 0. The van der Waals surface area contributed by atoms with Crippen LogP contribution in [0.25, 0.3) is 11.3 Å². The van der Waals surface area contributed by atoms with Gasteiger partial charge in [0.15, 0.2) is 5.67 Å². The van der Waals surface area contributed by atoms with Gasteiger partial charge in [-0.1, -0.05) is 0 Å². The van der Waals surface area contributed by atoms with Crippen LogP contribution in [-0.2, 0) is 5.67 Å². The van der Waals surface area contributed by atoms with E-state index in [1.165, 1.54) is 25.3 Å². The third-order valence-corrected chi connectivity index (χ3v) is 4.01. The zero-order chi connectivity index (χ0) is 17.2. The third kappa shape index (κ3) is 3.04. The number of hydrogen-bond donors (Lipinski definition) is 2. The lowest BCUT2D eigenvalue weighted by Crippen LogP contribution is -2.30. The van der Waals surface area contributed by atoms with Gasteiger partial charge >= 0.3 is 0 Å². The number of pyridine rings is 1. The molecular weight excluding hydrogens is 304 g/mol. The molecule has 1 aromatic carbocycles. The number of alkyl halides is 1. The molecule has 0 fully saturated rings. The molecule has 0 aliphatic rings. The van der Waals surface area contributed by atoms with Gasteiger partial charge in [-0.05, 0) is 49.2 Å². The van der Waals surface area contributed by atoms with Gasteiger partial charge in [0, 0.05) is 5.56 Å². The van der Waals surface area contributed by atoms with Crippen molar-refractivity contribution in [2.75, 3.05) is 20.3 Å². The molecule has 0 atom stereocenters. The summed E-state index contributed by atoms with van der Waals surface area (Å²) in [5.74, 6) is 0.0491. The van der Waals surface area contributed by atoms with Crippen LogP contribution in [0.4, 0.5) is 8.78 Å². The molecule has 2 rings (SSSR count). The maximum Gasteiger partial charge on any atom is 0.198 e. The van der Waals surface area contributed by atoms with Crippen molar-refractivity contribution in [2.45, 2.75) is 19.5 Å². The molecule has 124 valence electrons. The van der Waals surface area contributed by atoms with Gasteiger partial charge in [0.1, 0.15) is 17.3 Å². The number of aromatic nitrogens is 1. The Hall–Kier alpha value is -2.05. The monoisotopic (exact) mass is 323 g/mol. The van der Waals surface area contributed by atoms with Crippen LogP contribution in [0.1, 0.15) is 16.8 Å². The molecule has 0 saturated carbocycles. The topological polar surface area (TPSA) is 62.6 Å². The largest absolute Gasteiger partial charge is 0.494 e. The van der Waals surface area contributed by atoms with E-state index in [1.807, 2.05) is 0 Å². The number of halogens is 2. The molecule has 2 N–H and O–H groups in total. The lowest BCUT2D eigenvalue weighted by atomic mass is 9.97. The highest BCUT2D eigenvalue weighted by molar-refractivity contribution is 5.71. The first-order chi connectivity index (χ1) is 10.9. The number of rotatable bonds is 5. The van der Waals surface area contributed by atoms with Crippen molar-refractivity contribution in [3.05, 3.63) is 46.9 Å². The highest BCUT2D eigenvalue weighted by atomic mass is 19.1. The Bertz CT molecular complexity index is 715. The second-order valence-corrected chi connectivity index (χ2v) is 5.37. The number of aliphatic hydroxyl groups is 2. The molecule has 1 aromatic heterocycles. The lowest BCUT2D eigenvalue weighted by Gasteiger charge is -2.21. The summed E-state index contributed by atoms with van der Waals surface area (Å²) in [4.78, 5) is 4.22. The van der Waals surface area contributed by atoms with Crippen LogP contribution >= 0.6 is 0 Å². The number of methoxy groups -OCH3 is 1. The Labute approximate surface area is 133 Å². The van der Waals surface area contributed by atoms with Crippen LogP contribution in [-0.4, -0.2) is 35.5 Å². The first-order valence-electron chi connectivity index (χ1n) is 7.10. The maximum atomic E-state index is 14.5. The Morgan fingerprint density at radius 1 is 1.09 bits per heavy atom. The predicted octanol–water partition coefficient (Wildman–Crippen LogP) is 2.66. The number of nitrogens with zero attached hydrogens (tertiary/aromatic N) is 1. The predicted molar refractivity (Wildman–Crippen MR) is 82.6 cm³/mol. The standard InChI is InChI=1S/C17H19F2NO3/c1-10-11(2)13(18)5-4-12(10)16-14(23-3)6-7-15(20-16)17(19,8-21)9-22/h4-7,21-22H,8-9H2,1-3H3. The summed E-state index contributed by atoms with van der Waals surface area (Å²) in [5.41, 5.74) is -0.419. The minimum absolute atomic E-state index is 0.111. The van der Waals surface area contributed by atoms with Gasteiger partial charge in [0.2, 0.25) is 0 Å². The van der Waals surface area contributed by atoms with Gasteiger partial charge in [-0.2, -0.15) is 0 Å². The maximum absolute atomic E-state index is 14.5. The molecule has 0 aliphatic heterocycles. The number of benzene rings is 1. The number of aliphatic hydroxyl groups excluding tert-OH is 2. The molecular formula is C17H19F2NO3. The minimum Gasteiger partial charge on any atom is -0.494 e. The van der Waals surface area contributed by atoms with Gasteiger partial charge in [0.05, 0.1) is 26.0 Å². The number of ether oxygens (including phenoxy) is 1. The molecule has 4 nitrogen and oxygen atoms in total. The molecule has 23 heavy (non-hydrogen) atoms. The normalized spacial score (nSPS) is 11.6. The van der Waals surface area contributed by atoms with E-state index in [-0.39, 0.29) is 11.5 Å². The highest BCUT2D eigenvalue weighted by Gasteiger charge is 2.33. The molecule has 0 spiro atoms. The first kappa shape index (κ1) is 17.3. The van der Waals surface area contributed by atoms with Crippen molar-refractivity contribution in [2.24, 2.45) is 0 Å². The van der Waals surface area contributed by atoms with Crippen LogP contribution in [0.15, 0.2) is 24.3 Å². The summed E-state index contributed by atoms with van der Waals surface area (Å²) in [6, 6.07) is 5.71. The van der Waals surface area contributed by atoms with E-state index < -0.39 is 18.9 Å². The first-order valence-corrected chi connectivity index (χ1v) is 7.10. The van der Waals surface area contributed by atoms with Crippen molar-refractivity contribution in [1.29, 1.82) is 0 Å². The molecule has 1 heterocycles. The van der Waals surface area contributed by atoms with Crippen LogP contribution in [0.3, 0.4) is 0 Å². The fraction of sp³-hybridized carbons (Fsp3) is 0.353. The molecule has 0 saturated heterocycles. The molecule has 0 radical (unpaired) electrons. The van der Waals surface area contributed by atoms with E-state index in [2.05, 4.69) is 4.98 Å². The fourth-order valence-electron chi connectivity index (χ4n) is 2.31. The van der Waals surface area contributed by atoms with Gasteiger partial charge in [-0.25, -0.2) is 13.8 Å². The Morgan fingerprint density at radius 3 is 2.30 bits per heavy atom. The summed E-state index contributed by atoms with van der Waals surface area (Å²) in [5, 5.41) is 18.4. The summed E-state index contributed by atoms with van der Waals surface area (Å²) in [6.45, 7) is 1.58. The van der Waals surface area contributed by atoms with Crippen molar-refractivity contribution in [1.82, 2.24) is 4.98 Å². The molecule has 0 bridgehead atoms. The van der Waals surface area contributed by atoms with E-state index in [9.17, 15) is 19.0 Å². The van der Waals surface area contributed by atoms with Gasteiger partial charge in [-0.15, -0.1) is 0 Å². The van der Waals surface area contributed by atoms with E-state index in [0.29, 0.717) is 28.1 Å². The van der Waals surface area contributed by atoms with Crippen molar-refractivity contribution < 1.29 is 23.7 Å². The molecule has 0 unspecified atom stereocenters. The summed E-state index contributed by atoms with van der Waals surface area (Å²) >= 11 is 0. The smallest absolute Gasteiger partial charge is 0.198 e. The van der Waals surface area contributed by atoms with Crippen molar-refractivity contribution in [3.63, 3.8) is 0 Å². The highest BCUT2D eigenvalue weighted by Crippen LogP contribution is 2.35. The molecule has 6 heteroatoms. The van der Waals surface area contributed by atoms with E-state index in [1.54, 1.807) is 19.9 Å². The fourth-order valence-corrected chi connectivity index (χ4v) is 2.31. The summed E-state index contributed by atoms with van der Waals surface area (Å²) in [7, 11) is 1.45. The van der Waals surface area contributed by atoms with Crippen LogP contribution in [0.5, 0.6) is 5.75 Å². The average molecular weight is 323 g/mol. The molecule has 2 aromatic rings. The van der Waals surface area contributed by atoms with E-state index >= 15 is 0 Å². The lowest BCUT2D eigenvalue weighted by molar-refractivity contribution is 0.00963. The zero-order valence-electron chi connectivity index (χ0n) is 13.2. The van der Waals surface area contributed by atoms with Gasteiger partial charge in [0.25, 0.3) is 0 Å². The number of hydrogen-bond acceptors (Lipinski definition) is 4. The second kappa shape index (κ2) is 6.60. The zero-order valence-corrected chi connectivity index (χ0v) is 13.2. The Balaban J connectivity index is 2.68. The molecule has 0 amide bonds. The van der Waals surface area contributed by atoms with Gasteiger partial charge in [-0.3, -0.25) is 0 Å². The van der Waals surface area contributed by atoms with Crippen LogP contribution in [0.2, 0.25) is 0 Å². The van der Waals surface area contributed by atoms with Crippen molar-refractivity contribution >= 4 is 0 Å². The van der Waals surface area contributed by atoms with E-state index in [0.717, 1.165) is 0 Å². The van der Waals surface area contributed by atoms with Crippen LogP contribution < -0.4 is 4.74 Å². The second-order valence-electron chi connectivity index (χ2n) is 5.37. The molecule has 0 aliphatic carbocycles. The third-order valence-electron chi connectivity index (χ3n) is 4.01. The van der Waals surface area contributed by atoms with Crippen molar-refractivity contribution in [3.8, 4) is 17.0 Å². The van der Waals surface area contributed by atoms with E-state index in [4.69, 9.17) is 4.74 Å². The Kier molecular flexibility index (Phi) is 4.97. The summed E-state index contributed by atoms with van der Waals surface area (Å²) < 4.78 is 33.4.